The lowest BCUT2D eigenvalue weighted by molar-refractivity contribution is -0.120. The Hall–Kier alpha value is -2.53. The van der Waals surface area contributed by atoms with E-state index in [9.17, 15) is 4.79 Å². The molecule has 0 radical (unpaired) electrons. The summed E-state index contributed by atoms with van der Waals surface area (Å²) in [6, 6.07) is 20.9. The highest BCUT2D eigenvalue weighted by Crippen LogP contribution is 2.24. The maximum atomic E-state index is 12.3. The molecule has 4 rings (SSSR count). The second-order valence-electron chi connectivity index (χ2n) is 7.25. The summed E-state index contributed by atoms with van der Waals surface area (Å²) in [5, 5.41) is 4.70. The van der Waals surface area contributed by atoms with E-state index in [-0.39, 0.29) is 5.91 Å². The molecule has 0 unspecified atom stereocenters. The molecule has 4 aromatic rings. The van der Waals surface area contributed by atoms with Crippen LogP contribution in [0, 0.1) is 0 Å². The van der Waals surface area contributed by atoms with Crippen LogP contribution in [0.5, 0.6) is 0 Å². The lowest BCUT2D eigenvalue weighted by Crippen LogP contribution is -2.28. The smallest absolute Gasteiger partial charge is 0.224 e. The molecule has 1 heterocycles. The topological polar surface area (TPSA) is 46.9 Å². The van der Waals surface area contributed by atoms with Crippen LogP contribution in [0.2, 0.25) is 15.1 Å². The Morgan fingerprint density at radius 1 is 0.903 bits per heavy atom. The van der Waals surface area contributed by atoms with E-state index >= 15 is 0 Å². The predicted octanol–water partition coefficient (Wildman–Crippen LogP) is 5.95. The fraction of sp³-hybridized carbons (Fsp3) is 0.167. The Labute approximate surface area is 195 Å². The summed E-state index contributed by atoms with van der Waals surface area (Å²) >= 11 is 18.1. The van der Waals surface area contributed by atoms with Crippen molar-refractivity contribution < 1.29 is 4.79 Å². The minimum atomic E-state index is -0.0329. The molecule has 0 saturated heterocycles. The minimum absolute atomic E-state index is 0.0329. The number of nitrogens with zero attached hydrogens (tertiary/aromatic N) is 2. The Balaban J connectivity index is 1.46. The molecule has 0 saturated carbocycles. The van der Waals surface area contributed by atoms with Gasteiger partial charge in [-0.15, -0.1) is 0 Å². The Morgan fingerprint density at radius 2 is 1.65 bits per heavy atom. The fourth-order valence-electron chi connectivity index (χ4n) is 3.48. The van der Waals surface area contributed by atoms with Crippen molar-refractivity contribution >= 4 is 51.7 Å². The summed E-state index contributed by atoms with van der Waals surface area (Å²) in [6.45, 7) is 1.11. The summed E-state index contributed by atoms with van der Waals surface area (Å²) in [4.78, 5) is 17.1. The average Bonchev–Trinajstić information content (AvgIpc) is 3.10. The molecule has 4 nitrogen and oxygen atoms in total. The van der Waals surface area contributed by atoms with E-state index in [1.54, 1.807) is 18.2 Å². The van der Waals surface area contributed by atoms with Gasteiger partial charge in [-0.25, -0.2) is 4.98 Å². The Bertz CT molecular complexity index is 1220. The Morgan fingerprint density at radius 3 is 2.42 bits per heavy atom. The summed E-state index contributed by atoms with van der Waals surface area (Å²) in [7, 11) is 0. The van der Waals surface area contributed by atoms with Crippen molar-refractivity contribution in [3.05, 3.63) is 98.7 Å². The highest BCUT2D eigenvalue weighted by Gasteiger charge is 2.12. The van der Waals surface area contributed by atoms with E-state index in [4.69, 9.17) is 39.8 Å². The fourth-order valence-corrected chi connectivity index (χ4v) is 3.92. The van der Waals surface area contributed by atoms with Gasteiger partial charge < -0.3 is 9.88 Å². The molecule has 1 N–H and O–H groups in total. The predicted molar refractivity (Wildman–Crippen MR) is 127 cm³/mol. The molecule has 0 bridgehead atoms. The van der Waals surface area contributed by atoms with Crippen molar-refractivity contribution in [2.75, 3.05) is 6.54 Å². The van der Waals surface area contributed by atoms with Crippen LogP contribution in [0.25, 0.3) is 11.0 Å². The van der Waals surface area contributed by atoms with Gasteiger partial charge in [0.15, 0.2) is 0 Å². The van der Waals surface area contributed by atoms with Gasteiger partial charge in [0.2, 0.25) is 5.91 Å². The zero-order valence-corrected chi connectivity index (χ0v) is 18.9. The van der Waals surface area contributed by atoms with Gasteiger partial charge in [-0.05, 0) is 47.5 Å². The third-order valence-electron chi connectivity index (χ3n) is 5.01. The zero-order chi connectivity index (χ0) is 21.8. The summed E-state index contributed by atoms with van der Waals surface area (Å²) in [6.07, 6.45) is 0.930. The maximum Gasteiger partial charge on any atom is 0.224 e. The first-order valence-corrected chi connectivity index (χ1v) is 11.0. The van der Waals surface area contributed by atoms with E-state index in [1.165, 1.54) is 0 Å². The number of amides is 1. The van der Waals surface area contributed by atoms with Gasteiger partial charge in [0, 0.05) is 24.5 Å². The highest BCUT2D eigenvalue weighted by atomic mass is 35.5. The average molecular weight is 473 g/mol. The molecule has 1 amide bonds. The van der Waals surface area contributed by atoms with Gasteiger partial charge >= 0.3 is 0 Å². The monoisotopic (exact) mass is 471 g/mol. The number of aromatic nitrogens is 2. The van der Waals surface area contributed by atoms with Crippen LogP contribution in [0.1, 0.15) is 17.0 Å². The summed E-state index contributed by atoms with van der Waals surface area (Å²) in [5.74, 6) is 0.869. The number of imidazole rings is 1. The third kappa shape index (κ3) is 5.40. The van der Waals surface area contributed by atoms with Crippen LogP contribution in [0.4, 0.5) is 0 Å². The normalized spacial score (nSPS) is 11.1. The second kappa shape index (κ2) is 9.73. The molecule has 0 spiro atoms. The van der Waals surface area contributed by atoms with Crippen molar-refractivity contribution in [2.45, 2.75) is 19.4 Å². The number of fused-ring (bicyclic) bond motifs is 1. The first kappa shape index (κ1) is 21.7. The number of nitrogens with one attached hydrogen (secondary N) is 1. The van der Waals surface area contributed by atoms with E-state index in [0.717, 1.165) is 28.0 Å². The zero-order valence-electron chi connectivity index (χ0n) is 16.6. The molecule has 158 valence electrons. The molecule has 0 fully saturated rings. The number of carbonyl (C=O) groups is 1. The number of hydrogen-bond donors (Lipinski definition) is 1. The van der Waals surface area contributed by atoms with Crippen molar-refractivity contribution in [3.63, 3.8) is 0 Å². The van der Waals surface area contributed by atoms with Crippen LogP contribution in [0.15, 0.2) is 66.7 Å². The molecule has 7 heteroatoms. The largest absolute Gasteiger partial charge is 0.355 e. The van der Waals surface area contributed by atoms with Gasteiger partial charge in [0.25, 0.3) is 0 Å². The lowest BCUT2D eigenvalue weighted by atomic mass is 10.1. The number of halogens is 3. The molecule has 1 aromatic heterocycles. The molecular weight excluding hydrogens is 453 g/mol. The van der Waals surface area contributed by atoms with E-state index in [1.807, 2.05) is 48.5 Å². The number of rotatable bonds is 7. The van der Waals surface area contributed by atoms with E-state index in [0.29, 0.717) is 41.0 Å². The van der Waals surface area contributed by atoms with E-state index in [2.05, 4.69) is 9.88 Å². The van der Waals surface area contributed by atoms with Gasteiger partial charge in [-0.2, -0.15) is 0 Å². The number of hydrogen-bond acceptors (Lipinski definition) is 2. The molecular formula is C24H20Cl3N3O. The van der Waals surface area contributed by atoms with Crippen molar-refractivity contribution in [2.24, 2.45) is 0 Å². The standard InChI is InChI=1S/C24H20Cl3N3O/c25-18-8-5-16(6-9-18)14-24(31)28-12-11-23-29-21-3-1-2-4-22(21)30(23)15-17-7-10-19(26)20(27)13-17/h1-10,13H,11-12,14-15H2,(H,28,31). The lowest BCUT2D eigenvalue weighted by Gasteiger charge is -2.11. The van der Waals surface area contributed by atoms with Crippen molar-refractivity contribution in [1.29, 1.82) is 0 Å². The number of para-hydroxylation sites is 2. The van der Waals surface area contributed by atoms with E-state index < -0.39 is 0 Å². The van der Waals surface area contributed by atoms with Gasteiger partial charge in [-0.1, -0.05) is 65.1 Å². The molecule has 3 aromatic carbocycles. The van der Waals surface area contributed by atoms with Crippen LogP contribution in [-0.2, 0) is 24.2 Å². The van der Waals surface area contributed by atoms with Gasteiger partial charge in [-0.3, -0.25) is 4.79 Å². The summed E-state index contributed by atoms with van der Waals surface area (Å²) in [5.41, 5.74) is 3.92. The van der Waals surface area contributed by atoms with Gasteiger partial charge in [0.05, 0.1) is 27.5 Å². The molecule has 31 heavy (non-hydrogen) atoms. The van der Waals surface area contributed by atoms with Crippen LogP contribution in [0.3, 0.4) is 0 Å². The first-order valence-electron chi connectivity index (χ1n) is 9.89. The molecule has 0 aliphatic carbocycles. The van der Waals surface area contributed by atoms with Crippen LogP contribution < -0.4 is 5.32 Å². The minimum Gasteiger partial charge on any atom is -0.355 e. The first-order chi connectivity index (χ1) is 15.0. The number of carbonyl (C=O) groups excluding carboxylic acids is 1. The van der Waals surface area contributed by atoms with Gasteiger partial charge in [0.1, 0.15) is 5.82 Å². The maximum absolute atomic E-state index is 12.3. The second-order valence-corrected chi connectivity index (χ2v) is 8.51. The SMILES string of the molecule is O=C(Cc1ccc(Cl)cc1)NCCc1nc2ccccc2n1Cc1ccc(Cl)c(Cl)c1. The van der Waals surface area contributed by atoms with Crippen LogP contribution >= 0.6 is 34.8 Å². The Kier molecular flexibility index (Phi) is 6.81. The molecule has 0 atom stereocenters. The number of benzene rings is 3. The van der Waals surface area contributed by atoms with Crippen molar-refractivity contribution in [1.82, 2.24) is 14.9 Å². The highest BCUT2D eigenvalue weighted by molar-refractivity contribution is 6.42. The quantitative estimate of drug-likeness (QED) is 0.361. The molecule has 0 aliphatic heterocycles. The van der Waals surface area contributed by atoms with Crippen molar-refractivity contribution in [3.8, 4) is 0 Å². The summed E-state index contributed by atoms with van der Waals surface area (Å²) < 4.78 is 2.15. The third-order valence-corrected chi connectivity index (χ3v) is 6.00. The van der Waals surface area contributed by atoms with Crippen LogP contribution in [-0.4, -0.2) is 22.0 Å². The molecule has 0 aliphatic rings.